The summed E-state index contributed by atoms with van der Waals surface area (Å²) in [5.74, 6) is 1.22. The van der Waals surface area contributed by atoms with Gasteiger partial charge in [-0.1, -0.05) is 6.92 Å². The van der Waals surface area contributed by atoms with Crippen LogP contribution >= 0.6 is 0 Å². The first-order valence-corrected chi connectivity index (χ1v) is 9.37. The Kier molecular flexibility index (Phi) is 5.88. The largest absolute Gasteiger partial charge is 0.369 e. The van der Waals surface area contributed by atoms with Gasteiger partial charge in [-0.15, -0.1) is 0 Å². The highest BCUT2D eigenvalue weighted by Gasteiger charge is 2.25. The minimum absolute atomic E-state index is 0.154. The molecule has 6 heteroatoms. The molecule has 0 atom stereocenters. The molecule has 2 aliphatic heterocycles. The number of carbonyl (C=O) groups excluding carboxylic acids is 1. The minimum atomic E-state index is 0.154. The van der Waals surface area contributed by atoms with E-state index in [9.17, 15) is 4.79 Å². The van der Waals surface area contributed by atoms with Crippen molar-refractivity contribution in [3.8, 4) is 0 Å². The van der Waals surface area contributed by atoms with Crippen LogP contribution in [0.5, 0.6) is 0 Å². The molecule has 0 radical (unpaired) electrons. The molecule has 0 saturated carbocycles. The highest BCUT2D eigenvalue weighted by atomic mass is 16.1. The normalized spacial score (nSPS) is 19.4. The molecule has 2 aliphatic rings. The molecule has 2 saturated heterocycles. The summed E-state index contributed by atoms with van der Waals surface area (Å²) in [4.78, 5) is 25.8. The molecule has 6 nitrogen and oxygen atoms in total. The molecule has 1 N–H and O–H groups in total. The van der Waals surface area contributed by atoms with Crippen LogP contribution in [0.2, 0.25) is 0 Å². The molecule has 1 aromatic heterocycles. The van der Waals surface area contributed by atoms with Crippen LogP contribution < -0.4 is 15.1 Å². The van der Waals surface area contributed by atoms with Crippen molar-refractivity contribution < 1.29 is 4.79 Å². The van der Waals surface area contributed by atoms with Gasteiger partial charge in [0, 0.05) is 38.6 Å². The lowest BCUT2D eigenvalue weighted by Gasteiger charge is -2.33. The molecule has 1 aromatic rings. The SMILES string of the molecule is CCCNC(=O)C1CCN(c2cnc(N3CCCCC3)nc2)CC1. The molecule has 0 unspecified atom stereocenters. The third kappa shape index (κ3) is 4.16. The number of amides is 1. The van der Waals surface area contributed by atoms with Gasteiger partial charge in [0.05, 0.1) is 18.1 Å². The van der Waals surface area contributed by atoms with Crippen LogP contribution in [0.1, 0.15) is 45.4 Å². The summed E-state index contributed by atoms with van der Waals surface area (Å²) in [6.45, 7) is 6.80. The van der Waals surface area contributed by atoms with Gasteiger partial charge in [-0.2, -0.15) is 0 Å². The number of nitrogens with zero attached hydrogens (tertiary/aromatic N) is 4. The lowest BCUT2D eigenvalue weighted by atomic mass is 9.95. The zero-order valence-corrected chi connectivity index (χ0v) is 14.7. The first-order chi connectivity index (χ1) is 11.8. The third-order valence-electron chi connectivity index (χ3n) is 5.04. The van der Waals surface area contributed by atoms with Crippen molar-refractivity contribution in [1.29, 1.82) is 0 Å². The van der Waals surface area contributed by atoms with Gasteiger partial charge in [-0.25, -0.2) is 9.97 Å². The first-order valence-electron chi connectivity index (χ1n) is 9.37. The molecule has 0 spiro atoms. The second-order valence-corrected chi connectivity index (χ2v) is 6.84. The molecule has 0 aromatic carbocycles. The van der Waals surface area contributed by atoms with Crippen molar-refractivity contribution in [1.82, 2.24) is 15.3 Å². The molecule has 0 aliphatic carbocycles. The zero-order valence-electron chi connectivity index (χ0n) is 14.7. The Bertz CT molecular complexity index is 519. The Hall–Kier alpha value is -1.85. The van der Waals surface area contributed by atoms with Crippen LogP contribution in [-0.2, 0) is 4.79 Å². The quantitative estimate of drug-likeness (QED) is 0.896. The monoisotopic (exact) mass is 331 g/mol. The number of nitrogens with one attached hydrogen (secondary N) is 1. The summed E-state index contributed by atoms with van der Waals surface area (Å²) in [5.41, 5.74) is 1.07. The minimum Gasteiger partial charge on any atom is -0.369 e. The predicted octanol–water partition coefficient (Wildman–Crippen LogP) is 2.21. The van der Waals surface area contributed by atoms with E-state index in [1.165, 1.54) is 19.3 Å². The standard InChI is InChI=1S/C18H29N5O/c1-2-8-19-17(24)15-6-11-22(12-7-15)16-13-20-18(21-14-16)23-9-4-3-5-10-23/h13-15H,2-12H2,1H3,(H,19,24). The summed E-state index contributed by atoms with van der Waals surface area (Å²) in [7, 11) is 0. The van der Waals surface area contributed by atoms with Crippen LogP contribution in [0.15, 0.2) is 12.4 Å². The zero-order chi connectivity index (χ0) is 16.8. The second-order valence-electron chi connectivity index (χ2n) is 6.84. The van der Waals surface area contributed by atoms with Gasteiger partial charge in [-0.3, -0.25) is 4.79 Å². The van der Waals surface area contributed by atoms with Gasteiger partial charge in [0.2, 0.25) is 11.9 Å². The first kappa shape index (κ1) is 17.0. The Morgan fingerprint density at radius 3 is 2.38 bits per heavy atom. The number of anilines is 2. The Morgan fingerprint density at radius 2 is 1.75 bits per heavy atom. The van der Waals surface area contributed by atoms with Crippen molar-refractivity contribution >= 4 is 17.5 Å². The summed E-state index contributed by atoms with van der Waals surface area (Å²) < 4.78 is 0. The number of hydrogen-bond acceptors (Lipinski definition) is 5. The fraction of sp³-hybridized carbons (Fsp3) is 0.722. The van der Waals surface area contributed by atoms with Crippen LogP contribution in [0, 0.1) is 5.92 Å². The molecular formula is C18H29N5O. The molecular weight excluding hydrogens is 302 g/mol. The molecule has 2 fully saturated rings. The number of hydrogen-bond donors (Lipinski definition) is 1. The maximum Gasteiger partial charge on any atom is 0.225 e. The lowest BCUT2D eigenvalue weighted by Crippen LogP contribution is -2.40. The topological polar surface area (TPSA) is 61.4 Å². The molecule has 3 heterocycles. The van der Waals surface area contributed by atoms with E-state index in [1.54, 1.807) is 0 Å². The number of piperidine rings is 2. The Labute approximate surface area is 144 Å². The summed E-state index contributed by atoms with van der Waals surface area (Å²) in [6.07, 6.45) is 10.5. The van der Waals surface area contributed by atoms with E-state index in [1.807, 2.05) is 12.4 Å². The van der Waals surface area contributed by atoms with Crippen molar-refractivity contribution in [3.05, 3.63) is 12.4 Å². The Morgan fingerprint density at radius 1 is 1.08 bits per heavy atom. The molecule has 1 amide bonds. The average molecular weight is 331 g/mol. The van der Waals surface area contributed by atoms with E-state index in [2.05, 4.69) is 32.0 Å². The van der Waals surface area contributed by atoms with Crippen molar-refractivity contribution in [2.45, 2.75) is 45.4 Å². The number of aromatic nitrogens is 2. The van der Waals surface area contributed by atoms with Crippen LogP contribution in [0.3, 0.4) is 0 Å². The van der Waals surface area contributed by atoms with E-state index in [0.717, 1.165) is 63.6 Å². The van der Waals surface area contributed by atoms with Crippen LogP contribution in [0.25, 0.3) is 0 Å². The number of rotatable bonds is 5. The van der Waals surface area contributed by atoms with E-state index >= 15 is 0 Å². The van der Waals surface area contributed by atoms with Gasteiger partial charge < -0.3 is 15.1 Å². The second kappa shape index (κ2) is 8.31. The Balaban J connectivity index is 1.52. The van der Waals surface area contributed by atoms with Crippen molar-refractivity contribution in [2.75, 3.05) is 42.5 Å². The molecule has 0 bridgehead atoms. The highest BCUT2D eigenvalue weighted by Crippen LogP contribution is 2.24. The maximum atomic E-state index is 12.1. The predicted molar refractivity (Wildman–Crippen MR) is 96.3 cm³/mol. The average Bonchev–Trinajstić information content (AvgIpc) is 2.67. The highest BCUT2D eigenvalue weighted by molar-refractivity contribution is 5.78. The van der Waals surface area contributed by atoms with Gasteiger partial charge in [0.1, 0.15) is 0 Å². The van der Waals surface area contributed by atoms with E-state index in [-0.39, 0.29) is 11.8 Å². The van der Waals surface area contributed by atoms with Crippen molar-refractivity contribution in [2.24, 2.45) is 5.92 Å². The van der Waals surface area contributed by atoms with Gasteiger partial charge in [0.25, 0.3) is 0 Å². The molecule has 3 rings (SSSR count). The summed E-state index contributed by atoms with van der Waals surface area (Å²) in [6, 6.07) is 0. The van der Waals surface area contributed by atoms with E-state index < -0.39 is 0 Å². The lowest BCUT2D eigenvalue weighted by molar-refractivity contribution is -0.125. The maximum absolute atomic E-state index is 12.1. The summed E-state index contributed by atoms with van der Waals surface area (Å²) in [5, 5.41) is 3.01. The summed E-state index contributed by atoms with van der Waals surface area (Å²) >= 11 is 0. The molecule has 24 heavy (non-hydrogen) atoms. The fourth-order valence-corrected chi connectivity index (χ4v) is 3.53. The van der Waals surface area contributed by atoms with Crippen LogP contribution in [-0.4, -0.2) is 48.6 Å². The van der Waals surface area contributed by atoms with Gasteiger partial charge in [0.15, 0.2) is 0 Å². The number of carbonyl (C=O) groups is 1. The molecule has 132 valence electrons. The van der Waals surface area contributed by atoms with Gasteiger partial charge >= 0.3 is 0 Å². The van der Waals surface area contributed by atoms with Crippen molar-refractivity contribution in [3.63, 3.8) is 0 Å². The van der Waals surface area contributed by atoms with Gasteiger partial charge in [-0.05, 0) is 38.5 Å². The van der Waals surface area contributed by atoms with E-state index in [0.29, 0.717) is 0 Å². The smallest absolute Gasteiger partial charge is 0.225 e. The fourth-order valence-electron chi connectivity index (χ4n) is 3.53. The van der Waals surface area contributed by atoms with Crippen LogP contribution in [0.4, 0.5) is 11.6 Å². The van der Waals surface area contributed by atoms with E-state index in [4.69, 9.17) is 0 Å². The third-order valence-corrected chi connectivity index (χ3v) is 5.04.